The minimum absolute atomic E-state index is 0.0177. The lowest BCUT2D eigenvalue weighted by molar-refractivity contribution is -0.0512. The molecule has 5 nitrogen and oxygen atoms in total. The van der Waals surface area contributed by atoms with E-state index >= 15 is 0 Å². The first kappa shape index (κ1) is 18.8. The van der Waals surface area contributed by atoms with Crippen molar-refractivity contribution >= 4 is 0 Å². The molecule has 0 saturated carbocycles. The molecule has 0 aliphatic rings. The molecule has 0 aliphatic heterocycles. The van der Waals surface area contributed by atoms with Crippen LogP contribution in [-0.4, -0.2) is 34.0 Å². The topological polar surface area (TPSA) is 49.0 Å². The van der Waals surface area contributed by atoms with Gasteiger partial charge in [0.25, 0.3) is 0 Å². The van der Waals surface area contributed by atoms with Gasteiger partial charge in [0.05, 0.1) is 14.2 Å². The van der Waals surface area contributed by atoms with Gasteiger partial charge >= 0.3 is 6.61 Å². The quantitative estimate of drug-likeness (QED) is 0.663. The molecule has 0 saturated heterocycles. The van der Waals surface area contributed by atoms with Gasteiger partial charge in [-0.05, 0) is 42.0 Å². The highest BCUT2D eigenvalue weighted by molar-refractivity contribution is 5.43. The van der Waals surface area contributed by atoms with E-state index < -0.39 is 6.61 Å². The standard InChI is InChI=1S/C18H21F2NO4/c1-22-14-4-6-15(7-5-14)24-10-9-21-12-13-3-8-16(25-18(19)20)17(11-13)23-2/h3-8,11,18,21H,9-10,12H2,1-2H3. The summed E-state index contributed by atoms with van der Waals surface area (Å²) < 4.78 is 44.7. The summed E-state index contributed by atoms with van der Waals surface area (Å²) in [5.41, 5.74) is 0.892. The van der Waals surface area contributed by atoms with Gasteiger partial charge in [-0.3, -0.25) is 0 Å². The van der Waals surface area contributed by atoms with Crippen LogP contribution in [0, 0.1) is 0 Å². The van der Waals surface area contributed by atoms with Crippen molar-refractivity contribution in [2.24, 2.45) is 0 Å². The van der Waals surface area contributed by atoms with Crippen LogP contribution in [0.3, 0.4) is 0 Å². The van der Waals surface area contributed by atoms with E-state index in [-0.39, 0.29) is 11.5 Å². The van der Waals surface area contributed by atoms with Crippen LogP contribution < -0.4 is 24.3 Å². The third-order valence-corrected chi connectivity index (χ3v) is 3.38. The van der Waals surface area contributed by atoms with Crippen LogP contribution in [0.5, 0.6) is 23.0 Å². The number of hydrogen-bond donors (Lipinski definition) is 1. The number of hydrogen-bond acceptors (Lipinski definition) is 5. The van der Waals surface area contributed by atoms with Crippen molar-refractivity contribution in [3.8, 4) is 23.0 Å². The van der Waals surface area contributed by atoms with Crippen LogP contribution in [-0.2, 0) is 6.54 Å². The van der Waals surface area contributed by atoms with E-state index in [1.807, 2.05) is 24.3 Å². The molecule has 2 aromatic rings. The number of alkyl halides is 2. The molecule has 0 aromatic heterocycles. The number of methoxy groups -OCH3 is 2. The van der Waals surface area contributed by atoms with Crippen molar-refractivity contribution in [1.29, 1.82) is 0 Å². The second kappa shape index (κ2) is 9.68. The molecule has 0 spiro atoms. The molecule has 136 valence electrons. The summed E-state index contributed by atoms with van der Waals surface area (Å²) in [6.45, 7) is -1.20. The first-order valence-electron chi connectivity index (χ1n) is 7.71. The third kappa shape index (κ3) is 6.11. The van der Waals surface area contributed by atoms with Crippen molar-refractivity contribution in [1.82, 2.24) is 5.32 Å². The van der Waals surface area contributed by atoms with Gasteiger partial charge in [-0.15, -0.1) is 0 Å². The zero-order chi connectivity index (χ0) is 18.1. The molecule has 2 aromatic carbocycles. The zero-order valence-electron chi connectivity index (χ0n) is 14.1. The van der Waals surface area contributed by atoms with Crippen molar-refractivity contribution < 1.29 is 27.7 Å². The molecule has 7 heteroatoms. The van der Waals surface area contributed by atoms with Gasteiger partial charge in [-0.1, -0.05) is 6.07 Å². The maximum absolute atomic E-state index is 12.3. The lowest BCUT2D eigenvalue weighted by atomic mass is 10.2. The van der Waals surface area contributed by atoms with Gasteiger partial charge in [0, 0.05) is 13.1 Å². The van der Waals surface area contributed by atoms with E-state index in [0.717, 1.165) is 17.1 Å². The molecule has 0 radical (unpaired) electrons. The molecule has 0 fully saturated rings. The Labute approximate surface area is 145 Å². The fraction of sp³-hybridized carbons (Fsp3) is 0.333. The minimum atomic E-state index is -2.88. The van der Waals surface area contributed by atoms with Crippen molar-refractivity contribution in [3.05, 3.63) is 48.0 Å². The smallest absolute Gasteiger partial charge is 0.387 e. The molecule has 0 aliphatic carbocycles. The SMILES string of the molecule is COc1ccc(OCCNCc2ccc(OC(F)F)c(OC)c2)cc1. The largest absolute Gasteiger partial charge is 0.497 e. The molecular weight excluding hydrogens is 332 g/mol. The molecular formula is C18H21F2NO4. The van der Waals surface area contributed by atoms with Gasteiger partial charge in [-0.2, -0.15) is 8.78 Å². The van der Waals surface area contributed by atoms with E-state index in [2.05, 4.69) is 10.1 Å². The number of rotatable bonds is 10. The zero-order valence-corrected chi connectivity index (χ0v) is 14.1. The lowest BCUT2D eigenvalue weighted by Gasteiger charge is -2.12. The number of ether oxygens (including phenoxy) is 4. The fourth-order valence-corrected chi connectivity index (χ4v) is 2.16. The summed E-state index contributed by atoms with van der Waals surface area (Å²) in [6, 6.07) is 12.2. The highest BCUT2D eigenvalue weighted by Crippen LogP contribution is 2.29. The predicted molar refractivity (Wildman–Crippen MR) is 89.8 cm³/mol. The van der Waals surface area contributed by atoms with Crippen LogP contribution in [0.2, 0.25) is 0 Å². The first-order chi connectivity index (χ1) is 12.1. The van der Waals surface area contributed by atoms with Gasteiger partial charge in [-0.25, -0.2) is 0 Å². The highest BCUT2D eigenvalue weighted by atomic mass is 19.3. The van der Waals surface area contributed by atoms with Crippen LogP contribution in [0.15, 0.2) is 42.5 Å². The minimum Gasteiger partial charge on any atom is -0.497 e. The van der Waals surface area contributed by atoms with Gasteiger partial charge < -0.3 is 24.3 Å². The molecule has 25 heavy (non-hydrogen) atoms. The summed E-state index contributed by atoms with van der Waals surface area (Å²) in [4.78, 5) is 0. The van der Waals surface area contributed by atoms with Gasteiger partial charge in [0.15, 0.2) is 11.5 Å². The van der Waals surface area contributed by atoms with Crippen LogP contribution in [0.4, 0.5) is 8.78 Å². The van der Waals surface area contributed by atoms with E-state index in [1.165, 1.54) is 13.2 Å². The Morgan fingerprint density at radius 2 is 1.64 bits per heavy atom. The van der Waals surface area contributed by atoms with Crippen molar-refractivity contribution in [2.45, 2.75) is 13.2 Å². The summed E-state index contributed by atoms with van der Waals surface area (Å²) >= 11 is 0. The maximum Gasteiger partial charge on any atom is 0.387 e. The van der Waals surface area contributed by atoms with E-state index in [9.17, 15) is 8.78 Å². The predicted octanol–water partition coefficient (Wildman–Crippen LogP) is 3.47. The fourth-order valence-electron chi connectivity index (χ4n) is 2.16. The van der Waals surface area contributed by atoms with Gasteiger partial charge in [0.2, 0.25) is 0 Å². The number of nitrogens with one attached hydrogen (secondary N) is 1. The Hall–Kier alpha value is -2.54. The molecule has 0 unspecified atom stereocenters. The lowest BCUT2D eigenvalue weighted by Crippen LogP contribution is -2.20. The van der Waals surface area contributed by atoms with E-state index in [4.69, 9.17) is 14.2 Å². The maximum atomic E-state index is 12.3. The average Bonchev–Trinajstić information content (AvgIpc) is 2.62. The molecule has 2 rings (SSSR count). The first-order valence-corrected chi connectivity index (χ1v) is 7.71. The summed E-state index contributed by atoms with van der Waals surface area (Å²) in [5.74, 6) is 1.83. The monoisotopic (exact) mass is 353 g/mol. The Kier molecular flexibility index (Phi) is 7.28. The Balaban J connectivity index is 1.75. The number of halogens is 2. The molecule has 1 N–H and O–H groups in total. The molecule has 0 amide bonds. The Morgan fingerprint density at radius 1 is 0.920 bits per heavy atom. The molecule has 0 bridgehead atoms. The van der Waals surface area contributed by atoms with E-state index in [0.29, 0.717) is 19.7 Å². The third-order valence-electron chi connectivity index (χ3n) is 3.38. The highest BCUT2D eigenvalue weighted by Gasteiger charge is 2.10. The van der Waals surface area contributed by atoms with Crippen molar-refractivity contribution in [3.63, 3.8) is 0 Å². The second-order valence-corrected chi connectivity index (χ2v) is 5.06. The summed E-state index contributed by atoms with van der Waals surface area (Å²) in [5, 5.41) is 3.21. The number of benzene rings is 2. The molecule has 0 atom stereocenters. The van der Waals surface area contributed by atoms with Gasteiger partial charge in [0.1, 0.15) is 18.1 Å². The second-order valence-electron chi connectivity index (χ2n) is 5.06. The normalized spacial score (nSPS) is 10.6. The average molecular weight is 353 g/mol. The van der Waals surface area contributed by atoms with Crippen LogP contribution in [0.1, 0.15) is 5.56 Å². The Morgan fingerprint density at radius 3 is 2.28 bits per heavy atom. The molecule has 0 heterocycles. The van der Waals surface area contributed by atoms with E-state index in [1.54, 1.807) is 19.2 Å². The summed E-state index contributed by atoms with van der Waals surface area (Å²) in [7, 11) is 3.02. The summed E-state index contributed by atoms with van der Waals surface area (Å²) in [6.07, 6.45) is 0. The van der Waals surface area contributed by atoms with Crippen LogP contribution >= 0.6 is 0 Å². The Bertz CT molecular complexity index is 650. The van der Waals surface area contributed by atoms with Crippen LogP contribution in [0.25, 0.3) is 0 Å². The van der Waals surface area contributed by atoms with Crippen molar-refractivity contribution in [2.75, 3.05) is 27.4 Å².